The predicted octanol–water partition coefficient (Wildman–Crippen LogP) is 5.03. The van der Waals surface area contributed by atoms with E-state index in [0.29, 0.717) is 58.1 Å². The van der Waals surface area contributed by atoms with Crippen molar-refractivity contribution in [2.45, 2.75) is 69.6 Å². The summed E-state index contributed by atoms with van der Waals surface area (Å²) < 4.78 is 6.12. The molecule has 3 aromatic rings. The molecule has 5 aliphatic heterocycles. The number of carbonyl (C=O) groups excluding carboxylic acids is 5. The van der Waals surface area contributed by atoms with Crippen LogP contribution in [0, 0.1) is 29.1 Å². The second kappa shape index (κ2) is 16.4. The van der Waals surface area contributed by atoms with Crippen molar-refractivity contribution in [3.05, 3.63) is 93.5 Å². The monoisotopic (exact) mass is 786 g/mol. The van der Waals surface area contributed by atoms with Crippen molar-refractivity contribution in [3.63, 3.8) is 0 Å². The molecule has 13 heteroatoms. The van der Waals surface area contributed by atoms with Gasteiger partial charge in [0.25, 0.3) is 17.7 Å². The van der Waals surface area contributed by atoms with Crippen molar-refractivity contribution in [1.82, 2.24) is 20.0 Å². The normalized spacial score (nSPS) is 22.1. The molecule has 8 rings (SSSR count). The lowest BCUT2D eigenvalue weighted by Gasteiger charge is -2.42. The molecule has 0 aromatic heterocycles. The molecule has 2 unspecified atom stereocenters. The summed E-state index contributed by atoms with van der Waals surface area (Å²) in [6.07, 6.45) is 5.72. The number of anilines is 1. The molecule has 0 radical (unpaired) electrons. The fraction of sp³-hybridized carbons (Fsp3) is 0.409. The molecular weight excluding hydrogens is 744 g/mol. The highest BCUT2D eigenvalue weighted by Gasteiger charge is 2.45. The number of hydrogen-bond donors (Lipinski definition) is 1. The van der Waals surface area contributed by atoms with E-state index >= 15 is 0 Å². The Hall–Kier alpha value is -5.69. The van der Waals surface area contributed by atoms with Crippen molar-refractivity contribution in [2.24, 2.45) is 5.92 Å². The maximum atomic E-state index is 13.4. The summed E-state index contributed by atoms with van der Waals surface area (Å²) in [6.45, 7) is 4.79. The Labute approximate surface area is 336 Å². The van der Waals surface area contributed by atoms with Gasteiger partial charge in [-0.1, -0.05) is 23.4 Å². The summed E-state index contributed by atoms with van der Waals surface area (Å²) in [6, 6.07) is 19.4. The molecule has 0 bridgehead atoms. The molecule has 3 aromatic carbocycles. The number of amides is 5. The van der Waals surface area contributed by atoms with Gasteiger partial charge in [0, 0.05) is 60.9 Å². The van der Waals surface area contributed by atoms with E-state index in [1.54, 1.807) is 30.3 Å². The van der Waals surface area contributed by atoms with E-state index in [0.717, 1.165) is 80.9 Å². The van der Waals surface area contributed by atoms with Gasteiger partial charge in [-0.15, -0.1) is 0 Å². The Morgan fingerprint density at radius 2 is 1.58 bits per heavy atom. The number of imide groups is 2. The van der Waals surface area contributed by atoms with Crippen LogP contribution in [0.25, 0.3) is 0 Å². The molecule has 5 aliphatic rings. The molecule has 12 nitrogen and oxygen atoms in total. The van der Waals surface area contributed by atoms with Gasteiger partial charge in [0.05, 0.1) is 28.3 Å². The number of nitrogens with one attached hydrogen (secondary N) is 1. The first-order chi connectivity index (χ1) is 27.6. The Morgan fingerprint density at radius 3 is 2.30 bits per heavy atom. The van der Waals surface area contributed by atoms with Gasteiger partial charge in [-0.25, -0.2) is 0 Å². The number of nitriles is 1. The van der Waals surface area contributed by atoms with Crippen LogP contribution in [0.1, 0.15) is 93.6 Å². The van der Waals surface area contributed by atoms with Crippen LogP contribution in [0.5, 0.6) is 5.75 Å². The smallest absolute Gasteiger partial charge is 0.262 e. The standard InChI is InChI=1S/C44H43ClN6O6/c45-38-25-34(11-9-31(38)26-46)57-35-2-1-19-50(27-35)42(54)30-7-5-28(6-8-30)3-4-29-15-20-48(21-16-29)32-17-22-49(23-18-32)33-10-12-36-37(24-33)44(56)51(43(36)55)39-13-14-40(52)47-41(39)53/h5-12,24-25,29,32,35,39H,1-2,13-23,27H2,(H,47,52,53). The number of benzene rings is 3. The van der Waals surface area contributed by atoms with Crippen molar-refractivity contribution in [3.8, 4) is 23.7 Å². The number of likely N-dealkylation sites (tertiary alicyclic amines) is 2. The highest BCUT2D eigenvalue weighted by Crippen LogP contribution is 2.33. The minimum atomic E-state index is -0.973. The van der Waals surface area contributed by atoms with E-state index in [1.165, 1.54) is 0 Å². The Bertz CT molecular complexity index is 2210. The van der Waals surface area contributed by atoms with E-state index < -0.39 is 29.7 Å². The van der Waals surface area contributed by atoms with Gasteiger partial charge >= 0.3 is 0 Å². The average molecular weight is 787 g/mol. The lowest BCUT2D eigenvalue weighted by atomic mass is 9.93. The molecular formula is C44H43ClN6O6. The maximum Gasteiger partial charge on any atom is 0.262 e. The van der Waals surface area contributed by atoms with Gasteiger partial charge in [-0.3, -0.25) is 34.2 Å². The number of carbonyl (C=O) groups is 5. The van der Waals surface area contributed by atoms with Crippen LogP contribution in [-0.4, -0.2) is 102 Å². The number of piperidine rings is 4. The predicted molar refractivity (Wildman–Crippen MR) is 212 cm³/mol. The molecule has 5 heterocycles. The summed E-state index contributed by atoms with van der Waals surface area (Å²) in [5.41, 5.74) is 3.40. The third kappa shape index (κ3) is 8.11. The summed E-state index contributed by atoms with van der Waals surface area (Å²) in [4.78, 5) is 71.5. The van der Waals surface area contributed by atoms with E-state index in [9.17, 15) is 24.0 Å². The molecule has 57 heavy (non-hydrogen) atoms. The number of halogens is 1. The van der Waals surface area contributed by atoms with E-state index in [1.807, 2.05) is 35.2 Å². The first kappa shape index (κ1) is 38.2. The average Bonchev–Trinajstić information content (AvgIpc) is 3.48. The Morgan fingerprint density at radius 1 is 0.825 bits per heavy atom. The van der Waals surface area contributed by atoms with Gasteiger partial charge < -0.3 is 19.4 Å². The number of ether oxygens (including phenoxy) is 1. The van der Waals surface area contributed by atoms with E-state index in [2.05, 4.69) is 33.0 Å². The summed E-state index contributed by atoms with van der Waals surface area (Å²) in [5, 5.41) is 11.7. The zero-order chi connectivity index (χ0) is 39.6. The molecule has 1 N–H and O–H groups in total. The van der Waals surface area contributed by atoms with Gasteiger partial charge in [0.15, 0.2) is 0 Å². The second-order valence-electron chi connectivity index (χ2n) is 15.4. The van der Waals surface area contributed by atoms with Crippen LogP contribution in [0.2, 0.25) is 5.02 Å². The number of nitrogens with zero attached hydrogens (tertiary/aromatic N) is 5. The van der Waals surface area contributed by atoms with Gasteiger partial charge in [-0.2, -0.15) is 5.26 Å². The van der Waals surface area contributed by atoms with Crippen molar-refractivity contribution in [1.29, 1.82) is 5.26 Å². The third-order valence-electron chi connectivity index (χ3n) is 11.9. The topological polar surface area (TPSA) is 143 Å². The highest BCUT2D eigenvalue weighted by molar-refractivity contribution is 6.31. The van der Waals surface area contributed by atoms with Gasteiger partial charge in [-0.05, 0) is 113 Å². The lowest BCUT2D eigenvalue weighted by Crippen LogP contribution is -2.54. The van der Waals surface area contributed by atoms with Crippen LogP contribution < -0.4 is 15.0 Å². The molecule has 292 valence electrons. The van der Waals surface area contributed by atoms with Crippen molar-refractivity contribution >= 4 is 46.8 Å². The zero-order valence-corrected chi connectivity index (χ0v) is 32.3. The largest absolute Gasteiger partial charge is 0.489 e. The fourth-order valence-corrected chi connectivity index (χ4v) is 8.90. The Kier molecular flexibility index (Phi) is 11.0. The Balaban J connectivity index is 0.790. The number of fused-ring (bicyclic) bond motifs is 1. The molecule has 0 aliphatic carbocycles. The minimum Gasteiger partial charge on any atom is -0.489 e. The first-order valence-corrected chi connectivity index (χ1v) is 20.1. The van der Waals surface area contributed by atoms with Crippen LogP contribution in [0.3, 0.4) is 0 Å². The zero-order valence-electron chi connectivity index (χ0n) is 31.5. The molecule has 4 fully saturated rings. The quantitative estimate of drug-likeness (QED) is 0.269. The maximum absolute atomic E-state index is 13.4. The number of hydrogen-bond acceptors (Lipinski definition) is 9. The SMILES string of the molecule is N#Cc1ccc(OC2CCCN(C(=O)c3ccc(C#CC4CCN(C5CCN(c6ccc7c(c6)C(=O)N(C6CCC(=O)NC6=O)C7=O)CC5)CC4)cc3)C2)cc1Cl. The molecule has 2 atom stereocenters. The molecule has 0 saturated carbocycles. The van der Waals surface area contributed by atoms with Crippen LogP contribution >= 0.6 is 11.6 Å². The van der Waals surface area contributed by atoms with E-state index in [-0.39, 0.29) is 24.9 Å². The van der Waals surface area contributed by atoms with Gasteiger partial charge in [0.1, 0.15) is 24.0 Å². The lowest BCUT2D eigenvalue weighted by molar-refractivity contribution is -0.136. The fourth-order valence-electron chi connectivity index (χ4n) is 8.69. The minimum absolute atomic E-state index is 0.0314. The van der Waals surface area contributed by atoms with Crippen LogP contribution in [-0.2, 0) is 9.59 Å². The molecule has 5 amide bonds. The van der Waals surface area contributed by atoms with Crippen molar-refractivity contribution < 1.29 is 28.7 Å². The highest BCUT2D eigenvalue weighted by atomic mass is 35.5. The van der Waals surface area contributed by atoms with Crippen LogP contribution in [0.4, 0.5) is 5.69 Å². The summed E-state index contributed by atoms with van der Waals surface area (Å²) in [7, 11) is 0. The number of rotatable bonds is 6. The second-order valence-corrected chi connectivity index (χ2v) is 15.8. The third-order valence-corrected chi connectivity index (χ3v) is 12.2. The van der Waals surface area contributed by atoms with Crippen LogP contribution in [0.15, 0.2) is 60.7 Å². The van der Waals surface area contributed by atoms with Crippen molar-refractivity contribution in [2.75, 3.05) is 44.2 Å². The molecule has 4 saturated heterocycles. The summed E-state index contributed by atoms with van der Waals surface area (Å²) in [5.74, 6) is 5.72. The first-order valence-electron chi connectivity index (χ1n) is 19.8. The summed E-state index contributed by atoms with van der Waals surface area (Å²) >= 11 is 6.17. The van der Waals surface area contributed by atoms with E-state index in [4.69, 9.17) is 21.6 Å². The van der Waals surface area contributed by atoms with Gasteiger partial charge in [0.2, 0.25) is 11.8 Å². The molecule has 0 spiro atoms.